The number of esters is 1. The van der Waals surface area contributed by atoms with Crippen LogP contribution >= 0.6 is 24.4 Å². The van der Waals surface area contributed by atoms with Crippen molar-refractivity contribution in [1.29, 1.82) is 0 Å². The number of rotatable bonds is 7. The van der Waals surface area contributed by atoms with Crippen LogP contribution in [0.3, 0.4) is 0 Å². The van der Waals surface area contributed by atoms with Crippen LogP contribution in [0, 0.1) is 0 Å². The Labute approximate surface area is 158 Å². The van der Waals surface area contributed by atoms with E-state index in [9.17, 15) is 9.59 Å². The molecule has 5 heteroatoms. The number of carbonyl (C=O) groups is 2. The summed E-state index contributed by atoms with van der Waals surface area (Å²) >= 11 is 6.42. The summed E-state index contributed by atoms with van der Waals surface area (Å²) < 4.78 is 4.37. The van der Waals surface area contributed by atoms with Gasteiger partial charge >= 0.3 is 5.97 Å². The third kappa shape index (κ3) is 4.67. The Balaban J connectivity index is 2.10. The highest BCUT2D eigenvalue weighted by molar-refractivity contribution is 7.99. The molecule has 0 aromatic heterocycles. The average molecular weight is 375 g/mol. The Kier molecular flexibility index (Phi) is 6.73. The highest BCUT2D eigenvalue weighted by atomic mass is 32.2. The van der Waals surface area contributed by atoms with E-state index in [1.165, 1.54) is 12.7 Å². The smallest absolute Gasteiger partial charge is 0.379 e. The zero-order valence-corrected chi connectivity index (χ0v) is 16.3. The third-order valence-electron chi connectivity index (χ3n) is 4.28. The first-order valence-electron chi connectivity index (χ1n) is 8.17. The van der Waals surface area contributed by atoms with Crippen LogP contribution in [0.15, 0.2) is 58.3 Å². The lowest BCUT2D eigenvalue weighted by Crippen LogP contribution is -2.15. The van der Waals surface area contributed by atoms with Crippen LogP contribution in [0.4, 0.5) is 0 Å². The van der Waals surface area contributed by atoms with Crippen molar-refractivity contribution in [2.24, 2.45) is 0 Å². The topological polar surface area (TPSA) is 43.4 Å². The van der Waals surface area contributed by atoms with Crippen molar-refractivity contribution in [2.75, 3.05) is 7.11 Å². The number of carbonyl (C=O) groups excluding carboxylic acids is 2. The van der Waals surface area contributed by atoms with Crippen LogP contribution < -0.4 is 0 Å². The summed E-state index contributed by atoms with van der Waals surface area (Å²) in [5.74, 6) is -1.48. The second-order valence-corrected chi connectivity index (χ2v) is 7.71. The first-order valence-corrected chi connectivity index (χ1v) is 9.43. The molecule has 2 rings (SSSR count). The molecule has 132 valence electrons. The summed E-state index contributed by atoms with van der Waals surface area (Å²) in [5, 5.41) is 0. The minimum absolute atomic E-state index is 0.0842. The minimum Gasteiger partial charge on any atom is -0.463 e. The van der Waals surface area contributed by atoms with E-state index in [-0.39, 0.29) is 4.75 Å². The molecule has 0 N–H and O–H groups in total. The molecule has 0 bridgehead atoms. The fourth-order valence-electron chi connectivity index (χ4n) is 2.51. The van der Waals surface area contributed by atoms with Gasteiger partial charge in [0.2, 0.25) is 0 Å². The van der Waals surface area contributed by atoms with Gasteiger partial charge in [0.15, 0.2) is 0 Å². The van der Waals surface area contributed by atoms with Gasteiger partial charge in [-0.25, -0.2) is 4.79 Å². The second-order valence-electron chi connectivity index (χ2n) is 5.71. The van der Waals surface area contributed by atoms with Gasteiger partial charge in [0.05, 0.1) is 7.11 Å². The van der Waals surface area contributed by atoms with Gasteiger partial charge in [-0.15, -0.1) is 0 Å². The predicted octanol–water partition coefficient (Wildman–Crippen LogP) is 5.14. The fourth-order valence-corrected chi connectivity index (χ4v) is 3.48. The van der Waals surface area contributed by atoms with Gasteiger partial charge in [0.1, 0.15) is 0 Å². The zero-order valence-electron chi connectivity index (χ0n) is 14.6. The molecule has 0 aliphatic carbocycles. The van der Waals surface area contributed by atoms with Gasteiger partial charge in [-0.3, -0.25) is 4.79 Å². The lowest BCUT2D eigenvalue weighted by molar-refractivity contribution is -0.135. The van der Waals surface area contributed by atoms with E-state index < -0.39 is 11.8 Å². The first kappa shape index (κ1) is 19.6. The lowest BCUT2D eigenvalue weighted by atomic mass is 9.93. The Morgan fingerprint density at radius 3 is 1.88 bits per heavy atom. The van der Waals surface area contributed by atoms with Crippen molar-refractivity contribution in [3.63, 3.8) is 0 Å². The second kappa shape index (κ2) is 8.59. The van der Waals surface area contributed by atoms with Crippen LogP contribution in [-0.4, -0.2) is 18.9 Å². The molecule has 0 saturated carbocycles. The standard InChI is InChI=1S/C20H22O3S2/c1-4-20(24,5-2)15-8-12-17(13-9-15)25-16-10-6-14(7-11-16)18(21)19(22)23-3/h6-13,24H,4-5H2,1-3H3. The van der Waals surface area contributed by atoms with Gasteiger partial charge < -0.3 is 4.74 Å². The zero-order chi connectivity index (χ0) is 18.4. The first-order chi connectivity index (χ1) is 11.9. The summed E-state index contributed by atoms with van der Waals surface area (Å²) in [5.41, 5.74) is 1.56. The number of thiol groups is 1. The molecule has 0 saturated heterocycles. The van der Waals surface area contributed by atoms with Crippen LogP contribution in [0.1, 0.15) is 42.6 Å². The minimum atomic E-state index is -0.849. The molecule has 0 radical (unpaired) electrons. The van der Waals surface area contributed by atoms with Crippen LogP contribution in [0.25, 0.3) is 0 Å². The number of hydrogen-bond acceptors (Lipinski definition) is 5. The number of ether oxygens (including phenoxy) is 1. The SMILES string of the molecule is CCC(S)(CC)c1ccc(Sc2ccc(C(=O)C(=O)OC)cc2)cc1. The Hall–Kier alpha value is -1.72. The van der Waals surface area contributed by atoms with E-state index in [0.717, 1.165) is 22.6 Å². The molecular weight excluding hydrogens is 352 g/mol. The molecule has 0 atom stereocenters. The number of ketones is 1. The van der Waals surface area contributed by atoms with Crippen molar-refractivity contribution in [3.05, 3.63) is 59.7 Å². The van der Waals surface area contributed by atoms with Gasteiger partial charge in [0.25, 0.3) is 5.78 Å². The summed E-state index contributed by atoms with van der Waals surface area (Å²) in [6.45, 7) is 4.30. The number of benzene rings is 2. The average Bonchev–Trinajstić information content (AvgIpc) is 2.67. The van der Waals surface area contributed by atoms with E-state index in [0.29, 0.717) is 5.56 Å². The Bertz CT molecular complexity index is 733. The van der Waals surface area contributed by atoms with Gasteiger partial charge in [-0.1, -0.05) is 37.7 Å². The molecule has 0 spiro atoms. The Morgan fingerprint density at radius 2 is 1.44 bits per heavy atom. The Morgan fingerprint density at radius 1 is 0.960 bits per heavy atom. The summed E-state index contributed by atoms with van der Waals surface area (Å²) in [7, 11) is 1.20. The quantitative estimate of drug-likeness (QED) is 0.315. The monoisotopic (exact) mass is 374 g/mol. The molecule has 0 aliphatic rings. The molecular formula is C20H22O3S2. The molecule has 0 aliphatic heterocycles. The van der Waals surface area contributed by atoms with Crippen LogP contribution in [0.5, 0.6) is 0 Å². The van der Waals surface area contributed by atoms with Crippen molar-refractivity contribution in [1.82, 2.24) is 0 Å². The normalized spacial score (nSPS) is 11.2. The maximum absolute atomic E-state index is 11.7. The molecule has 0 fully saturated rings. The van der Waals surface area contributed by atoms with Crippen molar-refractivity contribution >= 4 is 36.1 Å². The molecule has 3 nitrogen and oxygen atoms in total. The van der Waals surface area contributed by atoms with E-state index in [1.807, 2.05) is 12.1 Å². The molecule has 2 aromatic carbocycles. The van der Waals surface area contributed by atoms with E-state index >= 15 is 0 Å². The molecule has 0 unspecified atom stereocenters. The van der Waals surface area contributed by atoms with Gasteiger partial charge in [-0.05, 0) is 54.8 Å². The summed E-state index contributed by atoms with van der Waals surface area (Å²) in [6, 6.07) is 15.4. The largest absolute Gasteiger partial charge is 0.463 e. The van der Waals surface area contributed by atoms with E-state index in [1.54, 1.807) is 23.9 Å². The highest BCUT2D eigenvalue weighted by Crippen LogP contribution is 2.37. The number of Topliss-reactive ketones (excluding diaryl/α,β-unsaturated/α-hetero) is 1. The van der Waals surface area contributed by atoms with Crippen molar-refractivity contribution in [2.45, 2.75) is 41.2 Å². The van der Waals surface area contributed by atoms with E-state index in [4.69, 9.17) is 12.6 Å². The van der Waals surface area contributed by atoms with Gasteiger partial charge in [0, 0.05) is 20.1 Å². The summed E-state index contributed by atoms with van der Waals surface area (Å²) in [4.78, 5) is 25.1. The number of methoxy groups -OCH3 is 1. The summed E-state index contributed by atoms with van der Waals surface area (Å²) in [6.07, 6.45) is 1.96. The third-order valence-corrected chi connectivity index (χ3v) is 6.19. The molecule has 0 heterocycles. The lowest BCUT2D eigenvalue weighted by Gasteiger charge is -2.26. The maximum Gasteiger partial charge on any atom is 0.379 e. The van der Waals surface area contributed by atoms with Crippen LogP contribution in [-0.2, 0) is 14.3 Å². The molecule has 0 amide bonds. The molecule has 25 heavy (non-hydrogen) atoms. The fraction of sp³-hybridized carbons (Fsp3) is 0.300. The van der Waals surface area contributed by atoms with Gasteiger partial charge in [-0.2, -0.15) is 12.6 Å². The predicted molar refractivity (Wildman–Crippen MR) is 105 cm³/mol. The van der Waals surface area contributed by atoms with Crippen molar-refractivity contribution < 1.29 is 14.3 Å². The van der Waals surface area contributed by atoms with E-state index in [2.05, 4.69) is 42.8 Å². The maximum atomic E-state index is 11.7. The van der Waals surface area contributed by atoms with Crippen molar-refractivity contribution in [3.8, 4) is 0 Å². The molecule has 2 aromatic rings. The number of hydrogen-bond donors (Lipinski definition) is 1. The highest BCUT2D eigenvalue weighted by Gasteiger charge is 2.23. The van der Waals surface area contributed by atoms with Crippen LogP contribution in [0.2, 0.25) is 0 Å².